The van der Waals surface area contributed by atoms with Gasteiger partial charge < -0.3 is 0 Å². The maximum Gasteiger partial charge on any atom is 2.00 e. The first-order chi connectivity index (χ1) is 26.6. The normalized spacial score (nSPS) is 16.0. The fraction of sp³-hybridized carbons (Fsp3) is 0.173. The number of halogens is 1. The van der Waals surface area contributed by atoms with Gasteiger partial charge in [0.25, 0.3) is 0 Å². The molecule has 0 aromatic heterocycles. The number of hydrogen-bond acceptors (Lipinski definition) is 0. The van der Waals surface area contributed by atoms with Crippen LogP contribution in [0, 0.1) is 67.9 Å². The van der Waals surface area contributed by atoms with Crippen molar-refractivity contribution in [3.8, 4) is 0 Å². The molecule has 5 aromatic carbocycles. The molecule has 0 nitrogen and oxygen atoms in total. The molecule has 0 bridgehead atoms. The smallest absolute Gasteiger partial charge is 0.0622 e. The molecule has 2 aliphatic carbocycles. The zero-order valence-corrected chi connectivity index (χ0v) is 37.9. The molecule has 5 aromatic rings. The summed E-state index contributed by atoms with van der Waals surface area (Å²) in [6.07, 6.45) is 12.5. The molecule has 4 heteroatoms. The maximum absolute atomic E-state index is 4.49. The van der Waals surface area contributed by atoms with E-state index < -0.39 is 0 Å². The van der Waals surface area contributed by atoms with Gasteiger partial charge in [-0.3, -0.25) is 0 Å². The van der Waals surface area contributed by atoms with Crippen molar-refractivity contribution in [2.45, 2.75) is 58.8 Å². The van der Waals surface area contributed by atoms with Crippen molar-refractivity contribution in [3.63, 3.8) is 0 Å². The third-order valence-corrected chi connectivity index (χ3v) is 12.5. The van der Waals surface area contributed by atoms with Crippen LogP contribution in [0.5, 0.6) is 0 Å². The average molecular weight is 908 g/mol. The van der Waals surface area contributed by atoms with Crippen LogP contribution in [-0.2, 0) is 35.2 Å². The van der Waals surface area contributed by atoms with Crippen molar-refractivity contribution in [1.29, 1.82) is 0 Å². The number of rotatable bonds is 6. The van der Waals surface area contributed by atoms with Crippen molar-refractivity contribution in [3.05, 3.63) is 259 Å². The summed E-state index contributed by atoms with van der Waals surface area (Å²) in [6, 6.07) is 54.1. The van der Waals surface area contributed by atoms with Crippen LogP contribution < -0.4 is 0 Å². The molecule has 0 atom stereocenters. The average Bonchev–Trinajstić information content (AvgIpc) is 3.86. The summed E-state index contributed by atoms with van der Waals surface area (Å²) >= 11 is 2.22. The predicted molar refractivity (Wildman–Crippen MR) is 237 cm³/mol. The SMILES string of the molecule is CC(C)(C)P([C]1[CH][CH][CH][CH]1)C(C)(C)C.[CH2-]/C=C/C.[Cl][Pd+].[Fe+2].c1ccc([C]2[C](c3ccccc3)[C](c3ccccc3)[C](c3ccccc3)[C]2c2ccccc2)cc1. The fourth-order valence-electron chi connectivity index (χ4n) is 7.39. The van der Waals surface area contributed by atoms with E-state index in [1.54, 1.807) is 11.7 Å². The number of hydrogen-bond donors (Lipinski definition) is 0. The van der Waals surface area contributed by atoms with E-state index in [9.17, 15) is 0 Å². The van der Waals surface area contributed by atoms with Gasteiger partial charge in [-0.1, -0.05) is 201 Å². The van der Waals surface area contributed by atoms with Gasteiger partial charge in [0.1, 0.15) is 0 Å². The number of benzene rings is 5. The van der Waals surface area contributed by atoms with E-state index in [0.717, 1.165) is 0 Å². The van der Waals surface area contributed by atoms with Gasteiger partial charge in [0.2, 0.25) is 0 Å². The predicted octanol–water partition coefficient (Wildman–Crippen LogP) is 14.6. The summed E-state index contributed by atoms with van der Waals surface area (Å²) in [7, 11) is 4.39. The molecule has 2 fully saturated rings. The van der Waals surface area contributed by atoms with Crippen LogP contribution in [0.2, 0.25) is 0 Å². The van der Waals surface area contributed by atoms with Crippen molar-refractivity contribution < 1.29 is 35.2 Å². The van der Waals surface area contributed by atoms with E-state index in [4.69, 9.17) is 0 Å². The molecule has 7 rings (SSSR count). The summed E-state index contributed by atoms with van der Waals surface area (Å²) in [5.41, 5.74) is 7.67. The Morgan fingerprint density at radius 2 is 0.643 bits per heavy atom. The maximum atomic E-state index is 4.49. The fourth-order valence-corrected chi connectivity index (χ4v) is 11.4. The van der Waals surface area contributed by atoms with Gasteiger partial charge in [0, 0.05) is 35.2 Å². The molecular weight excluding hydrogens is 853 g/mol. The largest absolute Gasteiger partial charge is 2.00 e. The molecule has 290 valence electrons. The molecule has 0 heterocycles. The Morgan fingerprint density at radius 1 is 0.446 bits per heavy atom. The molecule has 0 unspecified atom stereocenters. The van der Waals surface area contributed by atoms with E-state index in [1.165, 1.54) is 57.4 Å². The quantitative estimate of drug-likeness (QED) is 0.0905. The topological polar surface area (TPSA) is 0 Å². The minimum Gasteiger partial charge on any atom is -0.0622 e. The monoisotopic (exact) mass is 906 g/mol. The van der Waals surface area contributed by atoms with Gasteiger partial charge in [-0.15, -0.1) is 6.92 Å². The molecule has 0 amide bonds. The van der Waals surface area contributed by atoms with E-state index in [1.807, 2.05) is 13.0 Å². The van der Waals surface area contributed by atoms with Crippen LogP contribution in [0.1, 0.15) is 76.3 Å². The van der Waals surface area contributed by atoms with Crippen molar-refractivity contribution >= 4 is 17.5 Å². The Bertz CT molecular complexity index is 1500. The van der Waals surface area contributed by atoms with E-state index in [2.05, 4.69) is 254 Å². The molecule has 56 heavy (non-hydrogen) atoms. The van der Waals surface area contributed by atoms with Gasteiger partial charge >= 0.3 is 44.8 Å². The van der Waals surface area contributed by atoms with E-state index >= 15 is 0 Å². The first-order valence-corrected chi connectivity index (χ1v) is 22.1. The van der Waals surface area contributed by atoms with E-state index in [0.29, 0.717) is 10.3 Å². The molecule has 0 N–H and O–H groups in total. The second-order valence-electron chi connectivity index (χ2n) is 15.1. The molecule has 10 radical (unpaired) electrons. The Balaban J connectivity index is 0.000000336. The van der Waals surface area contributed by atoms with Crippen LogP contribution in [-0.4, -0.2) is 10.3 Å². The summed E-state index contributed by atoms with van der Waals surface area (Å²) < 4.78 is 0. The molecular formula is C52H54ClFePPd+2. The second-order valence-corrected chi connectivity index (χ2v) is 19.0. The number of allylic oxidation sites excluding steroid dienone is 2. The molecule has 2 aliphatic rings. The van der Waals surface area contributed by atoms with Crippen LogP contribution in [0.15, 0.2) is 164 Å². The Morgan fingerprint density at radius 3 is 0.804 bits per heavy atom. The Hall–Kier alpha value is -2.39. The third kappa shape index (κ3) is 12.8. The van der Waals surface area contributed by atoms with E-state index in [-0.39, 0.29) is 25.0 Å². The minimum absolute atomic E-state index is 0. The van der Waals surface area contributed by atoms with Crippen LogP contribution >= 0.6 is 17.5 Å². The summed E-state index contributed by atoms with van der Waals surface area (Å²) in [4.78, 5) is 0. The van der Waals surface area contributed by atoms with Gasteiger partial charge in [-0.2, -0.15) is 0 Å². The molecule has 0 saturated heterocycles. The summed E-state index contributed by atoms with van der Waals surface area (Å²) in [5, 5.41) is 0.782. The molecule has 0 aliphatic heterocycles. The third-order valence-electron chi connectivity index (χ3n) is 9.04. The zero-order chi connectivity index (χ0) is 39.8. The van der Waals surface area contributed by atoms with Gasteiger partial charge in [0.05, 0.1) is 0 Å². The Kier molecular flexibility index (Phi) is 20.5. The second kappa shape index (κ2) is 23.9. The first kappa shape index (κ1) is 48.0. The Labute approximate surface area is 368 Å². The van der Waals surface area contributed by atoms with Gasteiger partial charge in [-0.05, 0) is 63.8 Å². The van der Waals surface area contributed by atoms with Crippen molar-refractivity contribution in [2.24, 2.45) is 0 Å². The summed E-state index contributed by atoms with van der Waals surface area (Å²) in [6.45, 7) is 19.5. The zero-order valence-electron chi connectivity index (χ0n) is 33.6. The van der Waals surface area contributed by atoms with Gasteiger partial charge in [-0.25, -0.2) is 19.1 Å². The minimum atomic E-state index is -0.101. The van der Waals surface area contributed by atoms with Crippen molar-refractivity contribution in [2.75, 3.05) is 0 Å². The summed E-state index contributed by atoms with van der Waals surface area (Å²) in [5.74, 6) is 6.39. The van der Waals surface area contributed by atoms with Crippen LogP contribution in [0.25, 0.3) is 0 Å². The van der Waals surface area contributed by atoms with Crippen LogP contribution in [0.4, 0.5) is 0 Å². The first-order valence-electron chi connectivity index (χ1n) is 18.7. The molecule has 2 saturated carbocycles. The van der Waals surface area contributed by atoms with Crippen LogP contribution in [0.3, 0.4) is 0 Å². The molecule has 0 spiro atoms. The van der Waals surface area contributed by atoms with Crippen molar-refractivity contribution in [1.82, 2.24) is 0 Å². The van der Waals surface area contributed by atoms with Gasteiger partial charge in [0.15, 0.2) is 0 Å². The standard InChI is InChI=1S/C35H25.C13H22P.C4H7.ClH.Fe.Pd/c1-6-16-26(17-7-1)31-32(27-18-8-2-9-19-27)34(29-22-12-4-13-23-29)35(30-24-14-5-15-25-30)33(31)28-20-10-3-11-21-28;1-12(2,3)14(13(4,5)6)11-9-7-8-10-11;1-3-4-2;;;/h1-25H;7-10H,1-6H3;3-4H,1H2,2H3;1H;;/q;;-1;;2*+2/p-1/b;;4-3+;;;.